The number of nitrogens with zero attached hydrogens (tertiary/aromatic N) is 1. The van der Waals surface area contributed by atoms with Gasteiger partial charge in [0.15, 0.2) is 0 Å². The van der Waals surface area contributed by atoms with E-state index in [9.17, 15) is 24.0 Å². The number of methoxy groups -OCH3 is 1. The largest absolute Gasteiger partial charge is 0.465 e. The second-order valence-electron chi connectivity index (χ2n) is 17.7. The van der Waals surface area contributed by atoms with Crippen molar-refractivity contribution < 1.29 is 28.7 Å². The maximum atomic E-state index is 12.4. The zero-order valence-electron chi connectivity index (χ0n) is 36.5. The Hall–Kier alpha value is -2.77. The van der Waals surface area contributed by atoms with E-state index in [2.05, 4.69) is 26.2 Å². The molecule has 4 amide bonds. The van der Waals surface area contributed by atoms with Gasteiger partial charge in [0.1, 0.15) is 11.6 Å². The molecule has 0 spiro atoms. The van der Waals surface area contributed by atoms with Gasteiger partial charge in [-0.25, -0.2) is 14.4 Å². The number of benzene rings is 1. The zero-order valence-corrected chi connectivity index (χ0v) is 38.1. The summed E-state index contributed by atoms with van der Waals surface area (Å²) in [6.07, 6.45) is 25.4. The van der Waals surface area contributed by atoms with Crippen LogP contribution in [0, 0.1) is 0 Å². The molecule has 60 heavy (non-hydrogen) atoms. The highest BCUT2D eigenvalue weighted by molar-refractivity contribution is 8.00. The first kappa shape index (κ1) is 48.3. The molecule has 4 heterocycles. The number of fused-ring (bicyclic) bond motifs is 2. The molecule has 0 aliphatic carbocycles. The topological polar surface area (TPSA) is 146 Å². The van der Waals surface area contributed by atoms with Crippen LogP contribution < -0.4 is 21.3 Å². The van der Waals surface area contributed by atoms with Crippen molar-refractivity contribution in [3.05, 3.63) is 35.4 Å². The third-order valence-corrected chi connectivity index (χ3v) is 15.9. The molecule has 0 aromatic heterocycles. The molecule has 4 N–H and O–H groups in total. The van der Waals surface area contributed by atoms with Crippen LogP contribution in [-0.2, 0) is 20.9 Å². The Labute approximate surface area is 368 Å². The lowest BCUT2D eigenvalue weighted by Gasteiger charge is -2.22. The summed E-state index contributed by atoms with van der Waals surface area (Å²) in [5.41, 5.74) is 1.80. The van der Waals surface area contributed by atoms with E-state index in [0.717, 1.165) is 95.3 Å². The second kappa shape index (κ2) is 27.3. The van der Waals surface area contributed by atoms with E-state index >= 15 is 0 Å². The minimum absolute atomic E-state index is 0.0331. The van der Waals surface area contributed by atoms with Crippen molar-refractivity contribution in [1.29, 1.82) is 0 Å². The molecule has 5 rings (SSSR count). The molecule has 0 bridgehead atoms. The number of nitrogens with one attached hydrogen (secondary N) is 4. The molecule has 4 aliphatic heterocycles. The van der Waals surface area contributed by atoms with Gasteiger partial charge in [-0.2, -0.15) is 23.5 Å². The minimum Gasteiger partial charge on any atom is -0.465 e. The molecule has 13 heteroatoms. The summed E-state index contributed by atoms with van der Waals surface area (Å²) in [5.74, 6) is 2.48. The van der Waals surface area contributed by atoms with Gasteiger partial charge in [0.25, 0.3) is 0 Å². The first-order valence-corrected chi connectivity index (χ1v) is 25.7. The first-order chi connectivity index (χ1) is 29.3. The number of carbonyl (C=O) groups excluding carboxylic acids is 5. The molecule has 4 saturated heterocycles. The van der Waals surface area contributed by atoms with Crippen LogP contribution in [0.5, 0.6) is 0 Å². The van der Waals surface area contributed by atoms with E-state index in [1.807, 2.05) is 47.8 Å². The maximum absolute atomic E-state index is 12.4. The monoisotopic (exact) mass is 870 g/mol. The maximum Gasteiger partial charge on any atom is 0.337 e. The average Bonchev–Trinajstić information content (AvgIpc) is 4.01. The van der Waals surface area contributed by atoms with Crippen LogP contribution in [0.3, 0.4) is 0 Å². The molecular weight excluding hydrogens is 795 g/mol. The molecule has 0 saturated carbocycles. The molecule has 1 aromatic carbocycles. The fourth-order valence-electron chi connectivity index (χ4n) is 9.35. The highest BCUT2D eigenvalue weighted by atomic mass is 32.2. The van der Waals surface area contributed by atoms with Crippen LogP contribution in [0.1, 0.15) is 170 Å². The first-order valence-electron chi connectivity index (χ1n) is 23.6. The highest BCUT2D eigenvalue weighted by Gasteiger charge is 2.43. The van der Waals surface area contributed by atoms with Gasteiger partial charge in [0.05, 0.1) is 36.8 Å². The number of hydrogen-bond donors (Lipinski definition) is 4. The van der Waals surface area contributed by atoms with Gasteiger partial charge in [0, 0.05) is 54.2 Å². The number of ether oxygens (including phenoxy) is 1. The Bertz CT molecular complexity index is 1400. The molecule has 1 aromatic rings. The van der Waals surface area contributed by atoms with Crippen molar-refractivity contribution in [2.45, 2.75) is 195 Å². The van der Waals surface area contributed by atoms with Crippen molar-refractivity contribution in [3.8, 4) is 0 Å². The standard InChI is InChI=1S/C47H75N5O6S2/c1-58-45(55)36-28-26-35(27-29-36)32-52(30-18-10-6-2-4-8-12-20-37(53)22-14-16-24-41-43-39(33-59-41)48-46(56)50-43)31-19-11-7-3-5-9-13-21-38(54)23-15-17-25-42-44-40(34-60-42)49-47(57)51-44/h26-29,39-44H,2-25,30-34H2,1H3,(H2,48,50,56)(H2,49,51,57). The smallest absolute Gasteiger partial charge is 0.337 e. The van der Waals surface area contributed by atoms with E-state index in [1.165, 1.54) is 76.9 Å². The van der Waals surface area contributed by atoms with Crippen LogP contribution in [0.25, 0.3) is 0 Å². The van der Waals surface area contributed by atoms with E-state index in [4.69, 9.17) is 4.74 Å². The number of thioether (sulfide) groups is 2. The summed E-state index contributed by atoms with van der Waals surface area (Å²) in [5, 5.41) is 13.1. The molecule has 6 atom stereocenters. The van der Waals surface area contributed by atoms with Crippen molar-refractivity contribution in [2.24, 2.45) is 0 Å². The summed E-state index contributed by atoms with van der Waals surface area (Å²) in [6, 6.07) is 8.81. The Morgan fingerprint density at radius 1 is 0.567 bits per heavy atom. The van der Waals surface area contributed by atoms with Crippen LogP contribution in [0.15, 0.2) is 24.3 Å². The van der Waals surface area contributed by atoms with Crippen molar-refractivity contribution in [1.82, 2.24) is 26.2 Å². The highest BCUT2D eigenvalue weighted by Crippen LogP contribution is 2.34. The molecule has 0 radical (unpaired) electrons. The van der Waals surface area contributed by atoms with Crippen LogP contribution in [0.4, 0.5) is 9.59 Å². The van der Waals surface area contributed by atoms with Gasteiger partial charge in [-0.3, -0.25) is 14.5 Å². The lowest BCUT2D eigenvalue weighted by atomic mass is 10.0. The number of carbonyl (C=O) groups is 5. The van der Waals surface area contributed by atoms with E-state index in [0.29, 0.717) is 53.3 Å². The Morgan fingerprint density at radius 3 is 1.40 bits per heavy atom. The number of unbranched alkanes of at least 4 members (excludes halogenated alkanes) is 14. The predicted molar refractivity (Wildman–Crippen MR) is 245 cm³/mol. The van der Waals surface area contributed by atoms with Crippen molar-refractivity contribution >= 4 is 53.1 Å². The normalized spacial score (nSPS) is 22.9. The summed E-state index contributed by atoms with van der Waals surface area (Å²) in [6.45, 7) is 3.03. The Balaban J connectivity index is 0.848. The summed E-state index contributed by atoms with van der Waals surface area (Å²) in [7, 11) is 1.42. The fourth-order valence-corrected chi connectivity index (χ4v) is 12.4. The number of ketones is 2. The van der Waals surface area contributed by atoms with E-state index in [-0.39, 0.29) is 42.2 Å². The number of rotatable bonds is 33. The number of hydrogen-bond acceptors (Lipinski definition) is 9. The summed E-state index contributed by atoms with van der Waals surface area (Å²) in [4.78, 5) is 62.6. The molecular formula is C47H75N5O6S2. The second-order valence-corrected chi connectivity index (χ2v) is 20.3. The van der Waals surface area contributed by atoms with Crippen LogP contribution >= 0.6 is 23.5 Å². The van der Waals surface area contributed by atoms with E-state index < -0.39 is 0 Å². The quantitative estimate of drug-likeness (QED) is 0.0309. The SMILES string of the molecule is COC(=O)c1ccc(CN(CCCCCCCCCC(=O)CCCCC2SCC3NC(=O)NC32)CCCCCCCCCC(=O)CCCCC2SCC3NC(=O)NC32)cc1. The average molecular weight is 870 g/mol. The van der Waals surface area contributed by atoms with Gasteiger partial charge in [-0.1, -0.05) is 89.2 Å². The molecule has 4 aliphatic rings. The lowest BCUT2D eigenvalue weighted by Crippen LogP contribution is -2.36. The number of Topliss-reactive ketones (excluding diaryl/α,β-unsaturated/α-hetero) is 2. The third kappa shape index (κ3) is 17.2. The third-order valence-electron chi connectivity index (χ3n) is 12.9. The zero-order chi connectivity index (χ0) is 42.4. The number of urea groups is 2. The Morgan fingerprint density at radius 2 is 0.967 bits per heavy atom. The fraction of sp³-hybridized carbons (Fsp3) is 0.766. The summed E-state index contributed by atoms with van der Waals surface area (Å²) >= 11 is 3.89. The number of esters is 1. The minimum atomic E-state index is -0.303. The van der Waals surface area contributed by atoms with Crippen molar-refractivity contribution in [2.75, 3.05) is 31.7 Å². The van der Waals surface area contributed by atoms with Gasteiger partial charge in [0.2, 0.25) is 0 Å². The molecule has 336 valence electrons. The van der Waals surface area contributed by atoms with Crippen molar-refractivity contribution in [3.63, 3.8) is 0 Å². The lowest BCUT2D eigenvalue weighted by molar-refractivity contribution is -0.120. The van der Waals surface area contributed by atoms with E-state index in [1.54, 1.807) is 0 Å². The van der Waals surface area contributed by atoms with Gasteiger partial charge >= 0.3 is 18.0 Å². The predicted octanol–water partition coefficient (Wildman–Crippen LogP) is 9.11. The Kier molecular flexibility index (Phi) is 22.0. The molecule has 6 unspecified atom stereocenters. The van der Waals surface area contributed by atoms with Crippen LogP contribution in [-0.4, -0.2) is 101 Å². The molecule has 11 nitrogen and oxygen atoms in total. The van der Waals surface area contributed by atoms with Gasteiger partial charge in [-0.05, 0) is 82.2 Å². The van der Waals surface area contributed by atoms with Gasteiger partial charge < -0.3 is 26.0 Å². The van der Waals surface area contributed by atoms with Crippen LogP contribution in [0.2, 0.25) is 0 Å². The molecule has 4 fully saturated rings. The van der Waals surface area contributed by atoms with Gasteiger partial charge in [-0.15, -0.1) is 0 Å². The number of amides is 4. The summed E-state index contributed by atoms with van der Waals surface area (Å²) < 4.78 is 4.88.